The molecule has 2 rings (SSSR count). The number of pyridine rings is 1. The summed E-state index contributed by atoms with van der Waals surface area (Å²) < 4.78 is 0. The molecule has 90 valence electrons. The van der Waals surface area contributed by atoms with Crippen LogP contribution in [0.5, 0.6) is 0 Å². The molecule has 0 saturated carbocycles. The summed E-state index contributed by atoms with van der Waals surface area (Å²) >= 11 is 6.00. The second-order valence-electron chi connectivity index (χ2n) is 3.91. The van der Waals surface area contributed by atoms with E-state index in [0.717, 1.165) is 16.7 Å². The predicted molar refractivity (Wildman–Crippen MR) is 72.2 cm³/mol. The van der Waals surface area contributed by atoms with E-state index in [-0.39, 0.29) is 0 Å². The van der Waals surface area contributed by atoms with Crippen LogP contribution >= 0.6 is 11.6 Å². The topological polar surface area (TPSA) is 48.7 Å². The van der Waals surface area contributed by atoms with Gasteiger partial charge in [-0.15, -0.1) is 0 Å². The molecule has 0 atom stereocenters. The Hall–Kier alpha value is -1.89. The summed E-state index contributed by atoms with van der Waals surface area (Å²) in [5, 5.41) is 12.7. The molecule has 0 amide bonds. The highest BCUT2D eigenvalue weighted by Gasteiger charge is 2.06. The van der Waals surface area contributed by atoms with Crippen molar-refractivity contribution in [3.8, 4) is 17.2 Å². The van der Waals surface area contributed by atoms with Crippen molar-refractivity contribution in [2.24, 2.45) is 0 Å². The normalized spacial score (nSPS) is 10.1. The fourth-order valence-corrected chi connectivity index (χ4v) is 2.02. The van der Waals surface area contributed by atoms with Crippen molar-refractivity contribution in [2.45, 2.75) is 6.54 Å². The van der Waals surface area contributed by atoms with Gasteiger partial charge < -0.3 is 5.32 Å². The smallest absolute Gasteiger partial charge is 0.101 e. The standard InChI is InChI=1S/C14H12ClN3/c1-17-8-12-5-13(15)2-3-14(12)11-4-10(6-16)7-18-9-11/h2-5,7,9,17H,8H2,1H3. The minimum atomic E-state index is 0.554. The minimum absolute atomic E-state index is 0.554. The molecular weight excluding hydrogens is 246 g/mol. The molecule has 1 N–H and O–H groups in total. The van der Waals surface area contributed by atoms with Crippen LogP contribution < -0.4 is 5.32 Å². The summed E-state index contributed by atoms with van der Waals surface area (Å²) in [4.78, 5) is 4.08. The lowest BCUT2D eigenvalue weighted by atomic mass is 10.00. The van der Waals surface area contributed by atoms with E-state index in [1.165, 1.54) is 0 Å². The van der Waals surface area contributed by atoms with E-state index in [2.05, 4.69) is 16.4 Å². The summed E-state index contributed by atoms with van der Waals surface area (Å²) in [5.41, 5.74) is 3.61. The summed E-state index contributed by atoms with van der Waals surface area (Å²) in [6.07, 6.45) is 3.31. The van der Waals surface area contributed by atoms with Crippen LogP contribution in [0.4, 0.5) is 0 Å². The van der Waals surface area contributed by atoms with Gasteiger partial charge in [-0.1, -0.05) is 17.7 Å². The Labute approximate surface area is 111 Å². The maximum atomic E-state index is 8.90. The van der Waals surface area contributed by atoms with Crippen LogP contribution in [0.1, 0.15) is 11.1 Å². The molecule has 0 aliphatic rings. The lowest BCUT2D eigenvalue weighted by molar-refractivity contribution is 0.819. The van der Waals surface area contributed by atoms with Gasteiger partial charge in [0.05, 0.1) is 5.56 Å². The molecule has 3 nitrogen and oxygen atoms in total. The van der Waals surface area contributed by atoms with Gasteiger partial charge in [0.1, 0.15) is 6.07 Å². The van der Waals surface area contributed by atoms with Crippen LogP contribution in [0.2, 0.25) is 5.02 Å². The Morgan fingerprint density at radius 1 is 1.33 bits per heavy atom. The van der Waals surface area contributed by atoms with E-state index in [1.54, 1.807) is 12.4 Å². The SMILES string of the molecule is CNCc1cc(Cl)ccc1-c1cncc(C#N)c1. The molecule has 0 saturated heterocycles. The van der Waals surface area contributed by atoms with Crippen LogP contribution in [0.15, 0.2) is 36.7 Å². The van der Waals surface area contributed by atoms with Gasteiger partial charge in [0.15, 0.2) is 0 Å². The Morgan fingerprint density at radius 3 is 2.89 bits per heavy atom. The summed E-state index contributed by atoms with van der Waals surface area (Å²) in [5.74, 6) is 0. The quantitative estimate of drug-likeness (QED) is 0.920. The van der Waals surface area contributed by atoms with Gasteiger partial charge in [0, 0.05) is 29.5 Å². The third-order valence-corrected chi connectivity index (χ3v) is 2.85. The van der Waals surface area contributed by atoms with Gasteiger partial charge in [-0.25, -0.2) is 0 Å². The monoisotopic (exact) mass is 257 g/mol. The third-order valence-electron chi connectivity index (χ3n) is 2.61. The number of nitrogens with one attached hydrogen (secondary N) is 1. The molecule has 0 aliphatic heterocycles. The van der Waals surface area contributed by atoms with Gasteiger partial charge in [-0.2, -0.15) is 5.26 Å². The van der Waals surface area contributed by atoms with E-state index in [4.69, 9.17) is 16.9 Å². The van der Waals surface area contributed by atoms with Crippen LogP contribution in [0.3, 0.4) is 0 Å². The van der Waals surface area contributed by atoms with Crippen LogP contribution in [0.25, 0.3) is 11.1 Å². The molecule has 18 heavy (non-hydrogen) atoms. The molecule has 0 unspecified atom stereocenters. The van der Waals surface area contributed by atoms with E-state index in [1.807, 2.05) is 31.3 Å². The number of halogens is 1. The number of aromatic nitrogens is 1. The van der Waals surface area contributed by atoms with Gasteiger partial charge in [-0.3, -0.25) is 4.98 Å². The summed E-state index contributed by atoms with van der Waals surface area (Å²) in [6.45, 7) is 0.715. The van der Waals surface area contributed by atoms with Crippen molar-refractivity contribution in [2.75, 3.05) is 7.05 Å². The predicted octanol–water partition coefficient (Wildman–Crippen LogP) is 2.99. The average molecular weight is 258 g/mol. The van der Waals surface area contributed by atoms with Gasteiger partial charge >= 0.3 is 0 Å². The Balaban J connectivity index is 2.52. The maximum absolute atomic E-state index is 8.90. The first-order chi connectivity index (χ1) is 8.74. The second-order valence-corrected chi connectivity index (χ2v) is 4.34. The number of nitrogens with zero attached hydrogens (tertiary/aromatic N) is 2. The highest BCUT2D eigenvalue weighted by atomic mass is 35.5. The van der Waals surface area contributed by atoms with Gasteiger partial charge in [0.2, 0.25) is 0 Å². The molecule has 0 radical (unpaired) electrons. The third kappa shape index (κ3) is 2.67. The van der Waals surface area contributed by atoms with Crippen molar-refractivity contribution in [1.82, 2.24) is 10.3 Å². The summed E-state index contributed by atoms with van der Waals surface area (Å²) in [7, 11) is 1.88. The molecule has 4 heteroatoms. The number of benzene rings is 1. The largest absolute Gasteiger partial charge is 0.316 e. The fraction of sp³-hybridized carbons (Fsp3) is 0.143. The van der Waals surface area contributed by atoms with E-state index < -0.39 is 0 Å². The Kier molecular flexibility index (Phi) is 3.93. The lowest BCUT2D eigenvalue weighted by Crippen LogP contribution is -2.06. The molecule has 1 aromatic heterocycles. The van der Waals surface area contributed by atoms with Crippen LogP contribution in [0, 0.1) is 11.3 Å². The van der Waals surface area contributed by atoms with Crippen LogP contribution in [-0.2, 0) is 6.54 Å². The molecule has 1 heterocycles. The van der Waals surface area contributed by atoms with E-state index in [9.17, 15) is 0 Å². The first kappa shape index (κ1) is 12.6. The lowest BCUT2D eigenvalue weighted by Gasteiger charge is -2.10. The number of nitriles is 1. The zero-order valence-electron chi connectivity index (χ0n) is 9.94. The Bertz CT molecular complexity index is 602. The molecule has 2 aromatic rings. The molecule has 0 bridgehead atoms. The van der Waals surface area contributed by atoms with Crippen molar-refractivity contribution < 1.29 is 0 Å². The zero-order chi connectivity index (χ0) is 13.0. The second kappa shape index (κ2) is 5.63. The first-order valence-corrected chi connectivity index (χ1v) is 5.91. The van der Waals surface area contributed by atoms with Crippen molar-refractivity contribution in [3.63, 3.8) is 0 Å². The van der Waals surface area contributed by atoms with E-state index in [0.29, 0.717) is 17.1 Å². The molecular formula is C14H12ClN3. The first-order valence-electron chi connectivity index (χ1n) is 5.53. The fourth-order valence-electron chi connectivity index (χ4n) is 1.83. The van der Waals surface area contributed by atoms with Crippen molar-refractivity contribution >= 4 is 11.6 Å². The van der Waals surface area contributed by atoms with E-state index >= 15 is 0 Å². The van der Waals surface area contributed by atoms with Crippen molar-refractivity contribution in [1.29, 1.82) is 5.26 Å². The number of hydrogen-bond acceptors (Lipinski definition) is 3. The highest BCUT2D eigenvalue weighted by Crippen LogP contribution is 2.26. The van der Waals surface area contributed by atoms with Gasteiger partial charge in [0.25, 0.3) is 0 Å². The molecule has 0 spiro atoms. The summed E-state index contributed by atoms with van der Waals surface area (Å²) in [6, 6.07) is 9.64. The number of hydrogen-bond donors (Lipinski definition) is 1. The minimum Gasteiger partial charge on any atom is -0.316 e. The number of rotatable bonds is 3. The van der Waals surface area contributed by atoms with Gasteiger partial charge in [-0.05, 0) is 36.4 Å². The average Bonchev–Trinajstić information content (AvgIpc) is 2.39. The molecule has 0 fully saturated rings. The van der Waals surface area contributed by atoms with Crippen LogP contribution in [-0.4, -0.2) is 12.0 Å². The zero-order valence-corrected chi connectivity index (χ0v) is 10.7. The molecule has 1 aromatic carbocycles. The molecule has 0 aliphatic carbocycles. The maximum Gasteiger partial charge on any atom is 0.101 e. The Morgan fingerprint density at radius 2 is 2.17 bits per heavy atom. The van der Waals surface area contributed by atoms with Crippen molar-refractivity contribution in [3.05, 3.63) is 52.8 Å². The highest BCUT2D eigenvalue weighted by molar-refractivity contribution is 6.30.